The average molecular weight is 523 g/mol. The van der Waals surface area contributed by atoms with Crippen LogP contribution in [0.2, 0.25) is 0 Å². The van der Waals surface area contributed by atoms with Crippen molar-refractivity contribution in [2.45, 2.75) is 128 Å². The highest BCUT2D eigenvalue weighted by Gasteiger charge is 2.64. The molecule has 12 aliphatic rings. The van der Waals surface area contributed by atoms with Gasteiger partial charge in [-0.25, -0.2) is 9.78 Å². The van der Waals surface area contributed by atoms with Gasteiger partial charge in [-0.3, -0.25) is 4.79 Å². The zero-order chi connectivity index (χ0) is 25.5. The zero-order valence-corrected chi connectivity index (χ0v) is 23.9. The van der Waals surface area contributed by atoms with Crippen molar-refractivity contribution in [1.82, 2.24) is 0 Å². The summed E-state index contributed by atoms with van der Waals surface area (Å²) in [6, 6.07) is 0. The average Bonchev–Trinajstić information content (AvgIpc) is 2.84. The van der Waals surface area contributed by atoms with E-state index in [1.165, 1.54) is 83.5 Å². The van der Waals surface area contributed by atoms with E-state index in [-0.39, 0.29) is 28.0 Å². The molecule has 0 aromatic heterocycles. The first-order valence-corrected chi connectivity index (χ1v) is 16.8. The van der Waals surface area contributed by atoms with E-state index in [0.717, 1.165) is 42.9 Å². The van der Waals surface area contributed by atoms with Crippen molar-refractivity contribution in [3.05, 3.63) is 0 Å². The molecule has 0 radical (unpaired) electrons. The van der Waals surface area contributed by atoms with Gasteiger partial charge in [0.15, 0.2) is 0 Å². The quantitative estimate of drug-likeness (QED) is 0.206. The Morgan fingerprint density at radius 2 is 1.05 bits per heavy atom. The van der Waals surface area contributed by atoms with Crippen LogP contribution in [-0.4, -0.2) is 23.8 Å². The lowest BCUT2D eigenvalue weighted by atomic mass is 9.44. The molecule has 4 heteroatoms. The fraction of sp³-hybridized carbons (Fsp3) is 0.971. The highest BCUT2D eigenvalue weighted by molar-refractivity contribution is 5.78. The SMILES string of the molecule is CC1(OOCC23CC4CC(C2)CC(C(=O)OC2(C)C5CC6CC(C5)CC2C6)(C4)C3)C2CC3CC(C2)CC1C3. The van der Waals surface area contributed by atoms with Crippen LogP contribution in [0.4, 0.5) is 0 Å². The van der Waals surface area contributed by atoms with Gasteiger partial charge in [0.2, 0.25) is 0 Å². The minimum absolute atomic E-state index is 0.0968. The minimum atomic E-state index is -0.266. The summed E-state index contributed by atoms with van der Waals surface area (Å²) in [7, 11) is 0. The number of hydrogen-bond donors (Lipinski definition) is 0. The van der Waals surface area contributed by atoms with Gasteiger partial charge < -0.3 is 4.74 Å². The number of carbonyl (C=O) groups excluding carboxylic acids is 1. The summed E-state index contributed by atoms with van der Waals surface area (Å²) >= 11 is 0. The van der Waals surface area contributed by atoms with E-state index in [1.807, 2.05) is 0 Å². The lowest BCUT2D eigenvalue weighted by Crippen LogP contribution is -2.62. The second-order valence-corrected chi connectivity index (χ2v) is 17.5. The van der Waals surface area contributed by atoms with Crippen LogP contribution in [0.3, 0.4) is 0 Å². The van der Waals surface area contributed by atoms with E-state index in [9.17, 15) is 4.79 Å². The standard InChI is InChI=1S/C34H50O4/c1-31(26-6-20-3-21(8-26)9-27(31)7-20)37-30(35)34-16-24-5-25(17-34)15-33(14-24,18-34)19-36-38-32(2)28-10-22-4-23(12-28)13-29(32)11-22/h20-29H,3-19H2,1-2H3. The molecule has 0 aromatic rings. The third-order valence-corrected chi connectivity index (χ3v) is 15.1. The first-order valence-electron chi connectivity index (χ1n) is 16.8. The van der Waals surface area contributed by atoms with Gasteiger partial charge in [-0.15, -0.1) is 0 Å². The van der Waals surface area contributed by atoms with Crippen LogP contribution in [0.1, 0.15) is 117 Å². The van der Waals surface area contributed by atoms with Crippen LogP contribution in [0, 0.1) is 70.0 Å². The Morgan fingerprint density at radius 3 is 1.55 bits per heavy atom. The van der Waals surface area contributed by atoms with Gasteiger partial charge in [-0.2, -0.15) is 0 Å². The molecular formula is C34H50O4. The summed E-state index contributed by atoms with van der Waals surface area (Å²) in [5.74, 6) is 7.76. The molecule has 12 aliphatic carbocycles. The third-order valence-electron chi connectivity index (χ3n) is 15.1. The number of esters is 1. The zero-order valence-electron chi connectivity index (χ0n) is 23.9. The molecule has 0 aliphatic heterocycles. The van der Waals surface area contributed by atoms with E-state index in [1.54, 1.807) is 0 Å². The Balaban J connectivity index is 0.912. The van der Waals surface area contributed by atoms with Gasteiger partial charge in [0.1, 0.15) is 11.2 Å². The highest BCUT2D eigenvalue weighted by atomic mass is 17.2. The van der Waals surface area contributed by atoms with E-state index >= 15 is 0 Å². The van der Waals surface area contributed by atoms with Gasteiger partial charge >= 0.3 is 5.97 Å². The maximum Gasteiger partial charge on any atom is 0.312 e. The van der Waals surface area contributed by atoms with Crippen LogP contribution < -0.4 is 0 Å². The van der Waals surface area contributed by atoms with E-state index in [0.29, 0.717) is 42.1 Å². The maximum absolute atomic E-state index is 14.3. The van der Waals surface area contributed by atoms with Gasteiger partial charge in [-0.05, 0) is 181 Å². The molecule has 0 N–H and O–H groups in total. The molecule has 2 unspecified atom stereocenters. The lowest BCUT2D eigenvalue weighted by molar-refractivity contribution is -0.411. The summed E-state index contributed by atoms with van der Waals surface area (Å²) < 4.78 is 6.81. The number of carbonyl (C=O) groups is 1. The molecule has 0 spiro atoms. The molecule has 0 aromatic carbocycles. The fourth-order valence-corrected chi connectivity index (χ4v) is 14.0. The molecule has 12 rings (SSSR count). The van der Waals surface area contributed by atoms with Gasteiger partial charge in [-0.1, -0.05) is 0 Å². The van der Waals surface area contributed by atoms with E-state index in [2.05, 4.69) is 13.8 Å². The molecule has 12 fully saturated rings. The topological polar surface area (TPSA) is 44.8 Å². The first-order chi connectivity index (χ1) is 18.2. The first kappa shape index (κ1) is 24.0. The summed E-state index contributed by atoms with van der Waals surface area (Å²) in [6.07, 6.45) is 20.3. The Hall–Kier alpha value is -0.610. The van der Waals surface area contributed by atoms with Crippen LogP contribution in [0.15, 0.2) is 0 Å². The minimum Gasteiger partial charge on any atom is -0.458 e. The van der Waals surface area contributed by atoms with Crippen molar-refractivity contribution in [2.75, 3.05) is 6.61 Å². The van der Waals surface area contributed by atoms with Crippen LogP contribution in [0.5, 0.6) is 0 Å². The number of hydrogen-bond acceptors (Lipinski definition) is 4. The Labute approximate surface area is 229 Å². The molecule has 210 valence electrons. The second kappa shape index (κ2) is 7.81. The normalized spacial score (nSPS) is 60.6. The highest BCUT2D eigenvalue weighted by Crippen LogP contribution is 2.67. The molecule has 0 amide bonds. The van der Waals surface area contributed by atoms with Crippen molar-refractivity contribution in [2.24, 2.45) is 70.0 Å². The molecule has 2 atom stereocenters. The molecule has 12 saturated carbocycles. The van der Waals surface area contributed by atoms with Gasteiger partial charge in [0.05, 0.1) is 12.0 Å². The van der Waals surface area contributed by atoms with Crippen molar-refractivity contribution in [3.8, 4) is 0 Å². The van der Waals surface area contributed by atoms with Crippen LogP contribution >= 0.6 is 0 Å². The second-order valence-electron chi connectivity index (χ2n) is 17.5. The smallest absolute Gasteiger partial charge is 0.312 e. The summed E-state index contributed by atoms with van der Waals surface area (Å²) in [5, 5.41) is 0. The third kappa shape index (κ3) is 3.31. The lowest BCUT2D eigenvalue weighted by Gasteiger charge is -2.63. The summed E-state index contributed by atoms with van der Waals surface area (Å²) in [4.78, 5) is 27.2. The molecule has 12 bridgehead atoms. The largest absolute Gasteiger partial charge is 0.458 e. The fourth-order valence-electron chi connectivity index (χ4n) is 14.0. The van der Waals surface area contributed by atoms with Crippen LogP contribution in [-0.2, 0) is 19.3 Å². The summed E-state index contributed by atoms with van der Waals surface area (Å²) in [5.41, 5.74) is -0.469. The van der Waals surface area contributed by atoms with Gasteiger partial charge in [0.25, 0.3) is 0 Å². The predicted octanol–water partition coefficient (Wildman–Crippen LogP) is 7.49. The van der Waals surface area contributed by atoms with E-state index < -0.39 is 0 Å². The van der Waals surface area contributed by atoms with Crippen molar-refractivity contribution in [1.29, 1.82) is 0 Å². The number of ether oxygens (including phenoxy) is 1. The van der Waals surface area contributed by atoms with Gasteiger partial charge in [0, 0.05) is 0 Å². The molecule has 4 nitrogen and oxygen atoms in total. The Bertz CT molecular complexity index is 944. The van der Waals surface area contributed by atoms with Crippen molar-refractivity contribution in [3.63, 3.8) is 0 Å². The van der Waals surface area contributed by atoms with E-state index in [4.69, 9.17) is 14.5 Å². The predicted molar refractivity (Wildman–Crippen MR) is 144 cm³/mol. The monoisotopic (exact) mass is 522 g/mol. The molecule has 0 heterocycles. The maximum atomic E-state index is 14.3. The molecule has 0 saturated heterocycles. The Kier molecular flexibility index (Phi) is 4.94. The number of rotatable bonds is 6. The van der Waals surface area contributed by atoms with Crippen molar-refractivity contribution < 1.29 is 19.3 Å². The molecular weight excluding hydrogens is 472 g/mol. The summed E-state index contributed by atoms with van der Waals surface area (Å²) in [6.45, 7) is 5.38. The van der Waals surface area contributed by atoms with Crippen LogP contribution in [0.25, 0.3) is 0 Å². The Morgan fingerprint density at radius 1 is 0.605 bits per heavy atom. The molecule has 38 heavy (non-hydrogen) atoms. The van der Waals surface area contributed by atoms with Crippen molar-refractivity contribution >= 4 is 5.97 Å².